The Morgan fingerprint density at radius 3 is 2.60 bits per heavy atom. The van der Waals surface area contributed by atoms with E-state index >= 15 is 0 Å². The smallest absolute Gasteiger partial charge is 0.196 e. The van der Waals surface area contributed by atoms with Crippen LogP contribution in [0.5, 0.6) is 0 Å². The number of hydrogen-bond donors (Lipinski definition) is 1. The lowest BCUT2D eigenvalue weighted by molar-refractivity contribution is 0.104. The number of fused-ring (bicyclic) bond motifs is 1. The first-order valence-electron chi connectivity index (χ1n) is 6.14. The standard InChI is InChI=1S/C16H11Cl2NO/c1-9-2-5-15-12(6-9)13(8-19-15)16(20)11-4-3-10(17)7-14(11)18/h2-8,19H,1H3. The summed E-state index contributed by atoms with van der Waals surface area (Å²) in [4.78, 5) is 15.7. The van der Waals surface area contributed by atoms with Crippen molar-refractivity contribution in [2.45, 2.75) is 6.92 Å². The number of hydrogen-bond acceptors (Lipinski definition) is 1. The quantitative estimate of drug-likeness (QED) is 0.663. The molecule has 0 amide bonds. The molecule has 1 heterocycles. The molecule has 20 heavy (non-hydrogen) atoms. The molecule has 0 radical (unpaired) electrons. The molecular formula is C16H11Cl2NO. The summed E-state index contributed by atoms with van der Waals surface area (Å²) in [6, 6.07) is 10.9. The van der Waals surface area contributed by atoms with E-state index in [2.05, 4.69) is 4.98 Å². The number of H-pyrrole nitrogens is 1. The molecule has 0 fully saturated rings. The monoisotopic (exact) mass is 303 g/mol. The Labute approximate surface area is 126 Å². The van der Waals surface area contributed by atoms with E-state index in [-0.39, 0.29) is 5.78 Å². The molecular weight excluding hydrogens is 293 g/mol. The second kappa shape index (κ2) is 4.97. The molecule has 0 bridgehead atoms. The molecule has 0 saturated heterocycles. The fourth-order valence-corrected chi connectivity index (χ4v) is 2.74. The number of nitrogens with one attached hydrogen (secondary N) is 1. The highest BCUT2D eigenvalue weighted by Gasteiger charge is 2.17. The molecule has 4 heteroatoms. The Hall–Kier alpha value is -1.77. The molecule has 100 valence electrons. The number of aromatic amines is 1. The fourth-order valence-electron chi connectivity index (χ4n) is 2.24. The van der Waals surface area contributed by atoms with Crippen LogP contribution in [-0.4, -0.2) is 10.8 Å². The molecule has 3 rings (SSSR count). The summed E-state index contributed by atoms with van der Waals surface area (Å²) in [6.07, 6.45) is 1.72. The number of carbonyl (C=O) groups excluding carboxylic acids is 1. The number of carbonyl (C=O) groups is 1. The third-order valence-corrected chi connectivity index (χ3v) is 3.81. The molecule has 1 N–H and O–H groups in total. The SMILES string of the molecule is Cc1ccc2[nH]cc(C(=O)c3ccc(Cl)cc3Cl)c2c1. The Kier molecular flexibility index (Phi) is 3.28. The average Bonchev–Trinajstić information content (AvgIpc) is 2.81. The van der Waals surface area contributed by atoms with Gasteiger partial charge < -0.3 is 4.98 Å². The second-order valence-corrected chi connectivity index (χ2v) is 5.55. The predicted molar refractivity (Wildman–Crippen MR) is 82.9 cm³/mol. The van der Waals surface area contributed by atoms with Crippen LogP contribution in [0.1, 0.15) is 21.5 Å². The summed E-state index contributed by atoms with van der Waals surface area (Å²) in [5.41, 5.74) is 3.11. The summed E-state index contributed by atoms with van der Waals surface area (Å²) in [6.45, 7) is 2.00. The van der Waals surface area contributed by atoms with Gasteiger partial charge in [-0.3, -0.25) is 4.79 Å². The van der Waals surface area contributed by atoms with Crippen LogP contribution < -0.4 is 0 Å². The molecule has 3 aromatic rings. The first kappa shape index (κ1) is 13.2. The summed E-state index contributed by atoms with van der Waals surface area (Å²) < 4.78 is 0. The molecule has 0 saturated carbocycles. The first-order valence-corrected chi connectivity index (χ1v) is 6.89. The van der Waals surface area contributed by atoms with Crippen LogP contribution in [0.15, 0.2) is 42.6 Å². The van der Waals surface area contributed by atoms with E-state index in [1.54, 1.807) is 24.4 Å². The van der Waals surface area contributed by atoms with Crippen molar-refractivity contribution in [1.29, 1.82) is 0 Å². The molecule has 2 nitrogen and oxygen atoms in total. The molecule has 2 aromatic carbocycles. The fraction of sp³-hybridized carbons (Fsp3) is 0.0625. The van der Waals surface area contributed by atoms with Crippen LogP contribution in [0.4, 0.5) is 0 Å². The van der Waals surface area contributed by atoms with Crippen LogP contribution >= 0.6 is 23.2 Å². The van der Waals surface area contributed by atoms with Gasteiger partial charge in [-0.1, -0.05) is 34.8 Å². The summed E-state index contributed by atoms with van der Waals surface area (Å²) in [5.74, 6) is -0.108. The molecule has 0 aliphatic carbocycles. The van der Waals surface area contributed by atoms with Gasteiger partial charge in [-0.05, 0) is 37.3 Å². The van der Waals surface area contributed by atoms with Gasteiger partial charge in [0.25, 0.3) is 0 Å². The average molecular weight is 304 g/mol. The maximum atomic E-state index is 12.6. The van der Waals surface area contributed by atoms with Crippen molar-refractivity contribution in [3.8, 4) is 0 Å². The summed E-state index contributed by atoms with van der Waals surface area (Å²) >= 11 is 12.0. The Morgan fingerprint density at radius 2 is 1.85 bits per heavy atom. The minimum atomic E-state index is -0.108. The van der Waals surface area contributed by atoms with Gasteiger partial charge in [0.15, 0.2) is 5.78 Å². The number of ketones is 1. The van der Waals surface area contributed by atoms with Crippen LogP contribution in [0.25, 0.3) is 10.9 Å². The molecule has 0 unspecified atom stereocenters. The van der Waals surface area contributed by atoms with Crippen LogP contribution in [0.3, 0.4) is 0 Å². The lowest BCUT2D eigenvalue weighted by Crippen LogP contribution is -2.01. The van der Waals surface area contributed by atoms with E-state index in [0.717, 1.165) is 16.5 Å². The molecule has 0 aliphatic heterocycles. The zero-order chi connectivity index (χ0) is 14.3. The highest BCUT2D eigenvalue weighted by atomic mass is 35.5. The van der Waals surface area contributed by atoms with Crippen molar-refractivity contribution in [1.82, 2.24) is 4.98 Å². The maximum Gasteiger partial charge on any atom is 0.196 e. The van der Waals surface area contributed by atoms with Crippen molar-refractivity contribution in [3.63, 3.8) is 0 Å². The van der Waals surface area contributed by atoms with E-state index in [1.165, 1.54) is 0 Å². The third kappa shape index (κ3) is 2.21. The zero-order valence-electron chi connectivity index (χ0n) is 10.7. The Balaban J connectivity index is 2.15. The predicted octanol–water partition coefficient (Wildman–Crippen LogP) is 5.01. The normalized spacial score (nSPS) is 10.9. The topological polar surface area (TPSA) is 32.9 Å². The number of aryl methyl sites for hydroxylation is 1. The van der Waals surface area contributed by atoms with Gasteiger partial charge in [0, 0.05) is 33.2 Å². The highest BCUT2D eigenvalue weighted by molar-refractivity contribution is 6.38. The molecule has 0 aliphatic rings. The van der Waals surface area contributed by atoms with Crippen LogP contribution in [0.2, 0.25) is 10.0 Å². The molecule has 1 aromatic heterocycles. The lowest BCUT2D eigenvalue weighted by Gasteiger charge is -2.03. The number of benzene rings is 2. The summed E-state index contributed by atoms with van der Waals surface area (Å²) in [7, 11) is 0. The summed E-state index contributed by atoms with van der Waals surface area (Å²) in [5, 5.41) is 1.78. The van der Waals surface area contributed by atoms with E-state index in [9.17, 15) is 4.79 Å². The van der Waals surface area contributed by atoms with E-state index < -0.39 is 0 Å². The third-order valence-electron chi connectivity index (χ3n) is 3.26. The van der Waals surface area contributed by atoms with Crippen molar-refractivity contribution in [2.24, 2.45) is 0 Å². The van der Waals surface area contributed by atoms with Gasteiger partial charge in [-0.2, -0.15) is 0 Å². The maximum absolute atomic E-state index is 12.6. The van der Waals surface area contributed by atoms with Crippen molar-refractivity contribution < 1.29 is 4.79 Å². The van der Waals surface area contributed by atoms with Crippen LogP contribution in [-0.2, 0) is 0 Å². The van der Waals surface area contributed by atoms with Crippen molar-refractivity contribution in [2.75, 3.05) is 0 Å². The Morgan fingerprint density at radius 1 is 1.05 bits per heavy atom. The molecule has 0 atom stereocenters. The highest BCUT2D eigenvalue weighted by Crippen LogP contribution is 2.27. The van der Waals surface area contributed by atoms with Gasteiger partial charge in [-0.15, -0.1) is 0 Å². The second-order valence-electron chi connectivity index (χ2n) is 4.70. The van der Waals surface area contributed by atoms with E-state index in [1.807, 2.05) is 25.1 Å². The van der Waals surface area contributed by atoms with Gasteiger partial charge in [0.2, 0.25) is 0 Å². The van der Waals surface area contributed by atoms with E-state index in [4.69, 9.17) is 23.2 Å². The van der Waals surface area contributed by atoms with Crippen molar-refractivity contribution in [3.05, 3.63) is 69.3 Å². The van der Waals surface area contributed by atoms with E-state index in [0.29, 0.717) is 21.2 Å². The van der Waals surface area contributed by atoms with Crippen LogP contribution in [0, 0.1) is 6.92 Å². The minimum Gasteiger partial charge on any atom is -0.360 e. The molecule has 0 spiro atoms. The first-order chi connectivity index (χ1) is 9.56. The zero-order valence-corrected chi connectivity index (χ0v) is 12.2. The Bertz CT molecular complexity index is 820. The van der Waals surface area contributed by atoms with Gasteiger partial charge >= 0.3 is 0 Å². The van der Waals surface area contributed by atoms with Gasteiger partial charge in [-0.25, -0.2) is 0 Å². The number of halogens is 2. The number of aromatic nitrogens is 1. The van der Waals surface area contributed by atoms with Gasteiger partial charge in [0.1, 0.15) is 0 Å². The van der Waals surface area contributed by atoms with Crippen molar-refractivity contribution >= 4 is 39.9 Å². The minimum absolute atomic E-state index is 0.108. The lowest BCUT2D eigenvalue weighted by atomic mass is 10.0. The number of rotatable bonds is 2. The van der Waals surface area contributed by atoms with Gasteiger partial charge in [0.05, 0.1) is 5.02 Å². The largest absolute Gasteiger partial charge is 0.360 e.